The van der Waals surface area contributed by atoms with Gasteiger partial charge in [0.25, 0.3) is 0 Å². The smallest absolute Gasteiger partial charge is 0.215 e. The minimum atomic E-state index is -0.0434. The first-order valence-corrected chi connectivity index (χ1v) is 6.00. The molecular formula is C13H14N4O. The molecule has 0 amide bonds. The van der Waals surface area contributed by atoms with E-state index in [1.54, 1.807) is 4.68 Å². The predicted molar refractivity (Wildman–Crippen MR) is 66.3 cm³/mol. The van der Waals surface area contributed by atoms with Crippen LogP contribution in [0.15, 0.2) is 24.3 Å². The van der Waals surface area contributed by atoms with Crippen molar-refractivity contribution in [3.05, 3.63) is 46.8 Å². The number of aromatic nitrogens is 3. The Hall–Kier alpha value is -2.01. The van der Waals surface area contributed by atoms with E-state index in [-0.39, 0.29) is 5.78 Å². The topological polar surface area (TPSA) is 59.8 Å². The lowest BCUT2D eigenvalue weighted by molar-refractivity contribution is 0.103. The summed E-state index contributed by atoms with van der Waals surface area (Å²) < 4.78 is 1.75. The van der Waals surface area contributed by atoms with Gasteiger partial charge in [0.1, 0.15) is 0 Å². The van der Waals surface area contributed by atoms with Crippen LogP contribution in [0.5, 0.6) is 0 Å². The van der Waals surface area contributed by atoms with E-state index in [1.165, 1.54) is 0 Å². The third kappa shape index (κ3) is 1.82. The molecule has 0 unspecified atom stereocenters. The summed E-state index contributed by atoms with van der Waals surface area (Å²) in [4.78, 5) is 12.4. The summed E-state index contributed by atoms with van der Waals surface area (Å²) >= 11 is 0. The second-order valence-electron chi connectivity index (χ2n) is 4.49. The molecule has 5 heteroatoms. The molecule has 1 aliphatic rings. The fraction of sp³-hybridized carbons (Fsp3) is 0.308. The number of carbonyl (C=O) groups excluding carboxylic acids is 1. The molecule has 5 nitrogen and oxygen atoms in total. The number of nitrogens with one attached hydrogen (secondary N) is 1. The number of aryl methyl sites for hydroxylation is 1. The summed E-state index contributed by atoms with van der Waals surface area (Å²) in [6, 6.07) is 7.55. The van der Waals surface area contributed by atoms with Crippen LogP contribution in [0.1, 0.15) is 27.3 Å². The van der Waals surface area contributed by atoms with E-state index in [1.807, 2.05) is 31.2 Å². The van der Waals surface area contributed by atoms with Crippen molar-refractivity contribution in [3.8, 4) is 0 Å². The highest BCUT2D eigenvalue weighted by atomic mass is 16.1. The molecule has 2 aromatic rings. The molecular weight excluding hydrogens is 228 g/mol. The zero-order valence-electron chi connectivity index (χ0n) is 10.2. The van der Waals surface area contributed by atoms with Crippen LogP contribution >= 0.6 is 0 Å². The van der Waals surface area contributed by atoms with Crippen LogP contribution < -0.4 is 5.32 Å². The fourth-order valence-corrected chi connectivity index (χ4v) is 2.12. The largest absolute Gasteiger partial charge is 0.298 e. The minimum Gasteiger partial charge on any atom is -0.298 e. The summed E-state index contributed by atoms with van der Waals surface area (Å²) in [6.45, 7) is 3.49. The maximum Gasteiger partial charge on any atom is 0.215 e. The lowest BCUT2D eigenvalue weighted by Gasteiger charge is -2.14. The number of hydrogen-bond donors (Lipinski definition) is 1. The Morgan fingerprint density at radius 3 is 2.89 bits per heavy atom. The maximum atomic E-state index is 12.4. The Morgan fingerprint density at radius 2 is 2.11 bits per heavy atom. The Morgan fingerprint density at radius 1 is 1.33 bits per heavy atom. The molecule has 1 aromatic heterocycles. The SMILES string of the molecule is Cc1ccc(C(=O)c2nnn3c2CCNC3)cc1. The van der Waals surface area contributed by atoms with Crippen molar-refractivity contribution in [3.63, 3.8) is 0 Å². The fourth-order valence-electron chi connectivity index (χ4n) is 2.12. The Bertz CT molecular complexity index is 586. The standard InChI is InChI=1S/C13H14N4O/c1-9-2-4-10(5-3-9)13(18)12-11-6-7-14-8-17(11)16-15-12/h2-5,14H,6-8H2,1H3. The Balaban J connectivity index is 1.97. The van der Waals surface area contributed by atoms with Gasteiger partial charge in [-0.25, -0.2) is 4.68 Å². The van der Waals surface area contributed by atoms with E-state index in [2.05, 4.69) is 15.6 Å². The predicted octanol–water partition coefficient (Wildman–Crippen LogP) is 0.921. The molecule has 1 aliphatic heterocycles. The van der Waals surface area contributed by atoms with Gasteiger partial charge in [0.05, 0.1) is 12.4 Å². The minimum absolute atomic E-state index is 0.0434. The van der Waals surface area contributed by atoms with Crippen LogP contribution in [-0.2, 0) is 13.1 Å². The van der Waals surface area contributed by atoms with Crippen LogP contribution in [-0.4, -0.2) is 27.3 Å². The summed E-state index contributed by atoms with van der Waals surface area (Å²) in [7, 11) is 0. The highest BCUT2D eigenvalue weighted by Crippen LogP contribution is 2.14. The number of carbonyl (C=O) groups is 1. The molecule has 0 fully saturated rings. The van der Waals surface area contributed by atoms with Gasteiger partial charge in [0, 0.05) is 18.5 Å². The molecule has 3 rings (SSSR count). The summed E-state index contributed by atoms with van der Waals surface area (Å²) in [5.41, 5.74) is 3.22. The van der Waals surface area contributed by atoms with E-state index in [0.29, 0.717) is 17.9 Å². The monoisotopic (exact) mass is 242 g/mol. The van der Waals surface area contributed by atoms with Gasteiger partial charge in [-0.3, -0.25) is 10.1 Å². The molecule has 0 radical (unpaired) electrons. The van der Waals surface area contributed by atoms with Gasteiger partial charge in [0.15, 0.2) is 5.69 Å². The quantitative estimate of drug-likeness (QED) is 0.796. The number of ketones is 1. The first-order valence-electron chi connectivity index (χ1n) is 6.00. The van der Waals surface area contributed by atoms with Crippen LogP contribution in [0.3, 0.4) is 0 Å². The number of rotatable bonds is 2. The van der Waals surface area contributed by atoms with Gasteiger partial charge < -0.3 is 0 Å². The van der Waals surface area contributed by atoms with Crippen LogP contribution in [0.4, 0.5) is 0 Å². The molecule has 2 heterocycles. The van der Waals surface area contributed by atoms with Gasteiger partial charge in [-0.05, 0) is 6.92 Å². The van der Waals surface area contributed by atoms with Crippen molar-refractivity contribution in [2.24, 2.45) is 0 Å². The molecule has 0 aliphatic carbocycles. The Labute approximate surface area is 105 Å². The summed E-state index contributed by atoms with van der Waals surface area (Å²) in [6.07, 6.45) is 0.792. The number of hydrogen-bond acceptors (Lipinski definition) is 4. The first kappa shape index (κ1) is 11.1. The average molecular weight is 242 g/mol. The van der Waals surface area contributed by atoms with Crippen LogP contribution in [0.2, 0.25) is 0 Å². The molecule has 1 aromatic carbocycles. The van der Waals surface area contributed by atoms with Gasteiger partial charge in [0.2, 0.25) is 5.78 Å². The van der Waals surface area contributed by atoms with E-state index in [4.69, 9.17) is 0 Å². The van der Waals surface area contributed by atoms with E-state index in [9.17, 15) is 4.79 Å². The van der Waals surface area contributed by atoms with E-state index < -0.39 is 0 Å². The zero-order valence-corrected chi connectivity index (χ0v) is 10.2. The zero-order chi connectivity index (χ0) is 12.5. The van der Waals surface area contributed by atoms with Crippen molar-refractivity contribution >= 4 is 5.78 Å². The average Bonchev–Trinajstić information content (AvgIpc) is 2.82. The first-order chi connectivity index (χ1) is 8.75. The second-order valence-corrected chi connectivity index (χ2v) is 4.49. The molecule has 0 bridgehead atoms. The molecule has 0 spiro atoms. The molecule has 18 heavy (non-hydrogen) atoms. The van der Waals surface area contributed by atoms with Crippen molar-refractivity contribution < 1.29 is 4.79 Å². The number of benzene rings is 1. The number of fused-ring (bicyclic) bond motifs is 1. The Kier molecular flexibility index (Phi) is 2.68. The van der Waals surface area contributed by atoms with Gasteiger partial charge in [-0.2, -0.15) is 0 Å². The highest BCUT2D eigenvalue weighted by molar-refractivity contribution is 6.08. The second kappa shape index (κ2) is 4.34. The normalized spacial score (nSPS) is 14.3. The van der Waals surface area contributed by atoms with Gasteiger partial charge >= 0.3 is 0 Å². The lowest BCUT2D eigenvalue weighted by atomic mass is 10.0. The maximum absolute atomic E-state index is 12.4. The van der Waals surface area contributed by atoms with E-state index >= 15 is 0 Å². The molecule has 0 atom stereocenters. The number of nitrogens with zero attached hydrogens (tertiary/aromatic N) is 3. The van der Waals surface area contributed by atoms with Crippen molar-refractivity contribution in [1.82, 2.24) is 20.3 Å². The van der Waals surface area contributed by atoms with Crippen LogP contribution in [0, 0.1) is 6.92 Å². The highest BCUT2D eigenvalue weighted by Gasteiger charge is 2.22. The summed E-state index contributed by atoms with van der Waals surface area (Å²) in [5, 5.41) is 11.2. The molecule has 92 valence electrons. The molecule has 0 saturated carbocycles. The molecule has 0 saturated heterocycles. The third-order valence-corrected chi connectivity index (χ3v) is 3.17. The van der Waals surface area contributed by atoms with E-state index in [0.717, 1.165) is 24.2 Å². The molecule has 1 N–H and O–H groups in total. The van der Waals surface area contributed by atoms with Crippen molar-refractivity contribution in [2.45, 2.75) is 20.0 Å². The van der Waals surface area contributed by atoms with Gasteiger partial charge in [-0.15, -0.1) is 5.10 Å². The van der Waals surface area contributed by atoms with Crippen molar-refractivity contribution in [2.75, 3.05) is 6.54 Å². The van der Waals surface area contributed by atoms with Crippen LogP contribution in [0.25, 0.3) is 0 Å². The third-order valence-electron chi connectivity index (χ3n) is 3.17. The summed E-state index contributed by atoms with van der Waals surface area (Å²) in [5.74, 6) is -0.0434. The van der Waals surface area contributed by atoms with Crippen molar-refractivity contribution in [1.29, 1.82) is 0 Å². The lowest BCUT2D eigenvalue weighted by Crippen LogP contribution is -2.30. The van der Waals surface area contributed by atoms with Gasteiger partial charge in [-0.1, -0.05) is 35.0 Å².